The molecule has 0 bridgehead atoms. The number of aryl methyl sites for hydroxylation is 2. The molecule has 1 fully saturated rings. The molecule has 1 aliphatic rings. The third-order valence-electron chi connectivity index (χ3n) is 3.58. The lowest BCUT2D eigenvalue weighted by Gasteiger charge is -2.15. The average molecular weight is 246 g/mol. The largest absolute Gasteiger partial charge is 0.297 e. The van der Waals surface area contributed by atoms with E-state index in [0.29, 0.717) is 5.92 Å². The minimum Gasteiger partial charge on any atom is -0.297 e. The summed E-state index contributed by atoms with van der Waals surface area (Å²) in [6.07, 6.45) is 2.73. The Bertz CT molecular complexity index is 515. The first kappa shape index (κ1) is 11.4. The number of nitrogens with zero attached hydrogens (tertiary/aromatic N) is 5. The summed E-state index contributed by atoms with van der Waals surface area (Å²) < 4.78 is 1.97. The van der Waals surface area contributed by atoms with Crippen LogP contribution in [0.2, 0.25) is 0 Å². The summed E-state index contributed by atoms with van der Waals surface area (Å²) in [6.45, 7) is 5.14. The molecule has 2 aromatic rings. The van der Waals surface area contributed by atoms with Crippen molar-refractivity contribution < 1.29 is 0 Å². The van der Waals surface area contributed by atoms with Crippen LogP contribution >= 0.6 is 0 Å². The SMILES string of the molecule is Cc1cc(CN2CCC(c3ncn[nH]3)C2)n(C)n1. The minimum atomic E-state index is 0.488. The van der Waals surface area contributed by atoms with Crippen LogP contribution in [0.1, 0.15) is 29.6 Å². The molecule has 18 heavy (non-hydrogen) atoms. The summed E-state index contributed by atoms with van der Waals surface area (Å²) >= 11 is 0. The van der Waals surface area contributed by atoms with Gasteiger partial charge in [-0.15, -0.1) is 0 Å². The van der Waals surface area contributed by atoms with Crippen molar-refractivity contribution in [3.8, 4) is 0 Å². The highest BCUT2D eigenvalue weighted by molar-refractivity contribution is 5.09. The van der Waals surface area contributed by atoms with Gasteiger partial charge in [0.1, 0.15) is 12.2 Å². The lowest BCUT2D eigenvalue weighted by molar-refractivity contribution is 0.316. The van der Waals surface area contributed by atoms with Crippen molar-refractivity contribution in [1.29, 1.82) is 0 Å². The molecule has 6 nitrogen and oxygen atoms in total. The van der Waals surface area contributed by atoms with Gasteiger partial charge in [0.2, 0.25) is 0 Å². The summed E-state index contributed by atoms with van der Waals surface area (Å²) in [4.78, 5) is 6.70. The molecule has 3 heterocycles. The lowest BCUT2D eigenvalue weighted by Crippen LogP contribution is -2.21. The van der Waals surface area contributed by atoms with Gasteiger partial charge in [-0.05, 0) is 26.0 Å². The quantitative estimate of drug-likeness (QED) is 0.871. The molecule has 96 valence electrons. The second-order valence-electron chi connectivity index (χ2n) is 4.99. The molecule has 0 amide bonds. The summed E-state index contributed by atoms with van der Waals surface area (Å²) in [5.74, 6) is 1.50. The van der Waals surface area contributed by atoms with E-state index in [1.165, 1.54) is 5.69 Å². The normalized spacial score (nSPS) is 20.7. The summed E-state index contributed by atoms with van der Waals surface area (Å²) in [5.41, 5.74) is 2.35. The molecule has 1 aliphatic heterocycles. The zero-order valence-electron chi connectivity index (χ0n) is 10.8. The highest BCUT2D eigenvalue weighted by Crippen LogP contribution is 2.25. The summed E-state index contributed by atoms with van der Waals surface area (Å²) in [6, 6.07) is 2.15. The van der Waals surface area contributed by atoms with E-state index >= 15 is 0 Å². The van der Waals surface area contributed by atoms with E-state index in [1.54, 1.807) is 6.33 Å². The predicted molar refractivity (Wildman–Crippen MR) is 67.0 cm³/mol. The molecule has 1 atom stereocenters. The van der Waals surface area contributed by atoms with Crippen molar-refractivity contribution in [2.75, 3.05) is 13.1 Å². The second-order valence-corrected chi connectivity index (χ2v) is 4.99. The highest BCUT2D eigenvalue weighted by Gasteiger charge is 2.26. The molecule has 0 aromatic carbocycles. The molecule has 1 saturated heterocycles. The van der Waals surface area contributed by atoms with Gasteiger partial charge >= 0.3 is 0 Å². The lowest BCUT2D eigenvalue weighted by atomic mass is 10.1. The number of nitrogens with one attached hydrogen (secondary N) is 1. The van der Waals surface area contributed by atoms with Crippen LogP contribution in [0, 0.1) is 6.92 Å². The molecule has 1 unspecified atom stereocenters. The van der Waals surface area contributed by atoms with Gasteiger partial charge in [-0.2, -0.15) is 10.2 Å². The Kier molecular flexibility index (Phi) is 2.87. The number of H-pyrrole nitrogens is 1. The van der Waals surface area contributed by atoms with Gasteiger partial charge in [-0.25, -0.2) is 4.98 Å². The minimum absolute atomic E-state index is 0.488. The Morgan fingerprint density at radius 3 is 3.06 bits per heavy atom. The zero-order valence-corrected chi connectivity index (χ0v) is 10.8. The van der Waals surface area contributed by atoms with Crippen LogP contribution in [0.4, 0.5) is 0 Å². The maximum atomic E-state index is 4.38. The van der Waals surface area contributed by atoms with Crippen molar-refractivity contribution >= 4 is 0 Å². The third kappa shape index (κ3) is 2.15. The monoisotopic (exact) mass is 246 g/mol. The number of rotatable bonds is 3. The molecule has 2 aromatic heterocycles. The van der Waals surface area contributed by atoms with Gasteiger partial charge in [0.15, 0.2) is 0 Å². The summed E-state index contributed by atoms with van der Waals surface area (Å²) in [5, 5.41) is 11.3. The number of likely N-dealkylation sites (tertiary alicyclic amines) is 1. The van der Waals surface area contributed by atoms with Gasteiger partial charge < -0.3 is 0 Å². The van der Waals surface area contributed by atoms with Crippen molar-refractivity contribution in [2.24, 2.45) is 7.05 Å². The van der Waals surface area contributed by atoms with Crippen molar-refractivity contribution in [1.82, 2.24) is 29.9 Å². The molecule has 6 heteroatoms. The maximum Gasteiger partial charge on any atom is 0.137 e. The van der Waals surface area contributed by atoms with Gasteiger partial charge in [0.25, 0.3) is 0 Å². The molecular formula is C12H18N6. The standard InChI is InChI=1S/C12H18N6/c1-9-5-11(17(2)16-9)7-18-4-3-10(6-18)12-13-8-14-15-12/h5,8,10H,3-4,6-7H2,1-2H3,(H,13,14,15). The number of hydrogen-bond donors (Lipinski definition) is 1. The van der Waals surface area contributed by atoms with Gasteiger partial charge in [0.05, 0.1) is 11.4 Å². The van der Waals surface area contributed by atoms with Gasteiger partial charge in [-0.1, -0.05) is 0 Å². The molecule has 0 aliphatic carbocycles. The number of aromatic nitrogens is 5. The Morgan fingerprint density at radius 1 is 1.50 bits per heavy atom. The first-order chi connectivity index (χ1) is 8.72. The molecule has 0 saturated carbocycles. The van der Waals surface area contributed by atoms with Crippen LogP contribution in [0.25, 0.3) is 0 Å². The smallest absolute Gasteiger partial charge is 0.137 e. The van der Waals surface area contributed by atoms with E-state index in [2.05, 4.69) is 31.2 Å². The van der Waals surface area contributed by atoms with Crippen LogP contribution in [0.15, 0.2) is 12.4 Å². The highest BCUT2D eigenvalue weighted by atomic mass is 15.3. The number of aromatic amines is 1. The van der Waals surface area contributed by atoms with Crippen molar-refractivity contribution in [2.45, 2.75) is 25.8 Å². The average Bonchev–Trinajstić information content (AvgIpc) is 3.02. The van der Waals surface area contributed by atoms with Crippen molar-refractivity contribution in [3.63, 3.8) is 0 Å². The molecule has 0 spiro atoms. The first-order valence-electron chi connectivity index (χ1n) is 6.29. The van der Waals surface area contributed by atoms with Gasteiger partial charge in [-0.3, -0.25) is 14.7 Å². The zero-order chi connectivity index (χ0) is 12.5. The first-order valence-corrected chi connectivity index (χ1v) is 6.29. The molecule has 1 N–H and O–H groups in total. The Balaban J connectivity index is 1.64. The van der Waals surface area contributed by atoms with Crippen LogP contribution in [0.5, 0.6) is 0 Å². The van der Waals surface area contributed by atoms with Gasteiger partial charge in [0, 0.05) is 26.1 Å². The Hall–Kier alpha value is -1.69. The molecule has 3 rings (SSSR count). The van der Waals surface area contributed by atoms with E-state index in [-0.39, 0.29) is 0 Å². The number of hydrogen-bond acceptors (Lipinski definition) is 4. The van der Waals surface area contributed by atoms with Crippen LogP contribution < -0.4 is 0 Å². The van der Waals surface area contributed by atoms with E-state index < -0.39 is 0 Å². The fraction of sp³-hybridized carbons (Fsp3) is 0.583. The molecule has 0 radical (unpaired) electrons. The van der Waals surface area contributed by atoms with E-state index in [1.807, 2.05) is 18.7 Å². The third-order valence-corrected chi connectivity index (χ3v) is 3.58. The second kappa shape index (κ2) is 4.53. The maximum absolute atomic E-state index is 4.38. The predicted octanol–water partition coefficient (Wildman–Crippen LogP) is 0.836. The fourth-order valence-corrected chi connectivity index (χ4v) is 2.65. The van der Waals surface area contributed by atoms with E-state index in [0.717, 1.165) is 37.6 Å². The Labute approximate surface area is 106 Å². The van der Waals surface area contributed by atoms with Crippen LogP contribution in [-0.4, -0.2) is 43.0 Å². The van der Waals surface area contributed by atoms with Crippen LogP contribution in [-0.2, 0) is 13.6 Å². The topological polar surface area (TPSA) is 62.6 Å². The van der Waals surface area contributed by atoms with E-state index in [9.17, 15) is 0 Å². The van der Waals surface area contributed by atoms with Crippen molar-refractivity contribution in [3.05, 3.63) is 29.6 Å². The molecular weight excluding hydrogens is 228 g/mol. The van der Waals surface area contributed by atoms with Crippen LogP contribution in [0.3, 0.4) is 0 Å². The summed E-state index contributed by atoms with van der Waals surface area (Å²) in [7, 11) is 2.01. The fourth-order valence-electron chi connectivity index (χ4n) is 2.65. The van der Waals surface area contributed by atoms with E-state index in [4.69, 9.17) is 0 Å². The Morgan fingerprint density at radius 2 is 2.39 bits per heavy atom.